The number of aromatic nitrogens is 1. The number of allylic oxidation sites excluding steroid dienone is 1. The molecule has 1 atom stereocenters. The maximum atomic E-state index is 13.9. The van der Waals surface area contributed by atoms with Gasteiger partial charge in [0.2, 0.25) is 0 Å². The standard InChI is InChI=1S/C28H28ClIN2O5S/c1-6-35-21-13-17(12-20(30)25(21)37-15(3)4)14-22-26(33)32-24(18-10-8-9-11-19(18)29)23(27(34)36-7-2)16(5)31-28(32)38-22/h8-15,24H,6-7H2,1-5H3/b22-14-/t24-/m0/s1. The van der Waals surface area contributed by atoms with Crippen molar-refractivity contribution in [3.8, 4) is 11.5 Å². The molecule has 0 radical (unpaired) electrons. The second-order valence-electron chi connectivity index (χ2n) is 8.75. The second-order valence-corrected chi connectivity index (χ2v) is 11.3. The maximum Gasteiger partial charge on any atom is 0.338 e. The summed E-state index contributed by atoms with van der Waals surface area (Å²) in [6.45, 7) is 10.00. The van der Waals surface area contributed by atoms with Crippen molar-refractivity contribution < 1.29 is 19.0 Å². The number of carbonyl (C=O) groups is 1. The van der Waals surface area contributed by atoms with E-state index in [0.29, 0.717) is 49.3 Å². The van der Waals surface area contributed by atoms with Gasteiger partial charge in [-0.25, -0.2) is 9.79 Å². The molecule has 1 aliphatic rings. The van der Waals surface area contributed by atoms with E-state index in [1.54, 1.807) is 32.1 Å². The van der Waals surface area contributed by atoms with Gasteiger partial charge in [-0.2, -0.15) is 0 Å². The van der Waals surface area contributed by atoms with Crippen LogP contribution < -0.4 is 24.4 Å². The average Bonchev–Trinajstić information content (AvgIpc) is 3.15. The molecule has 0 saturated heterocycles. The monoisotopic (exact) mass is 666 g/mol. The molecule has 2 heterocycles. The van der Waals surface area contributed by atoms with Gasteiger partial charge in [0.05, 0.1) is 38.7 Å². The lowest BCUT2D eigenvalue weighted by Crippen LogP contribution is -2.40. The first-order valence-electron chi connectivity index (χ1n) is 12.2. The van der Waals surface area contributed by atoms with Gasteiger partial charge in [0.15, 0.2) is 16.3 Å². The van der Waals surface area contributed by atoms with Crippen LogP contribution in [-0.4, -0.2) is 29.9 Å². The number of ether oxygens (including phenoxy) is 3. The van der Waals surface area contributed by atoms with Gasteiger partial charge in [-0.05, 0) is 92.6 Å². The molecule has 0 N–H and O–H groups in total. The van der Waals surface area contributed by atoms with Crippen molar-refractivity contribution in [1.82, 2.24) is 4.57 Å². The zero-order chi connectivity index (χ0) is 27.6. The lowest BCUT2D eigenvalue weighted by atomic mass is 9.96. The SMILES string of the molecule is CCOC(=O)C1=C(C)N=c2s/c(=C\c3cc(I)c(OC(C)C)c(OCC)c3)c(=O)n2[C@H]1c1ccccc1Cl. The highest BCUT2D eigenvalue weighted by atomic mass is 127. The van der Waals surface area contributed by atoms with Crippen molar-refractivity contribution in [3.05, 3.63) is 87.1 Å². The molecule has 10 heteroatoms. The van der Waals surface area contributed by atoms with E-state index in [1.165, 1.54) is 15.9 Å². The fraction of sp³-hybridized carbons (Fsp3) is 0.321. The Kier molecular flexibility index (Phi) is 9.00. The van der Waals surface area contributed by atoms with E-state index in [1.807, 2.05) is 45.0 Å². The van der Waals surface area contributed by atoms with E-state index in [9.17, 15) is 9.59 Å². The highest BCUT2D eigenvalue weighted by Crippen LogP contribution is 2.36. The average molecular weight is 667 g/mol. The molecular formula is C28H28ClIN2O5S. The molecule has 0 saturated carbocycles. The van der Waals surface area contributed by atoms with Crippen LogP contribution in [0.15, 0.2) is 57.5 Å². The quantitative estimate of drug-likeness (QED) is 0.243. The first-order valence-corrected chi connectivity index (χ1v) is 14.5. The molecule has 0 fully saturated rings. The number of hydrogen-bond donors (Lipinski definition) is 0. The fourth-order valence-corrected chi connectivity index (χ4v) is 6.26. The van der Waals surface area contributed by atoms with Gasteiger partial charge in [-0.1, -0.05) is 41.1 Å². The number of carbonyl (C=O) groups excluding carboxylic acids is 1. The van der Waals surface area contributed by atoms with E-state index < -0.39 is 12.0 Å². The number of esters is 1. The number of thiazole rings is 1. The van der Waals surface area contributed by atoms with E-state index >= 15 is 0 Å². The Morgan fingerprint density at radius 2 is 1.97 bits per heavy atom. The Bertz CT molecular complexity index is 1590. The first kappa shape index (κ1) is 28.4. The van der Waals surface area contributed by atoms with Crippen LogP contribution in [0.3, 0.4) is 0 Å². The molecule has 0 spiro atoms. The summed E-state index contributed by atoms with van der Waals surface area (Å²) in [7, 11) is 0. The summed E-state index contributed by atoms with van der Waals surface area (Å²) in [6.07, 6.45) is 1.79. The zero-order valence-corrected chi connectivity index (χ0v) is 25.4. The molecule has 1 aliphatic heterocycles. The third kappa shape index (κ3) is 5.69. The molecule has 38 heavy (non-hydrogen) atoms. The molecule has 200 valence electrons. The van der Waals surface area contributed by atoms with Gasteiger partial charge in [0.25, 0.3) is 5.56 Å². The molecule has 0 amide bonds. The Labute approximate surface area is 243 Å². The van der Waals surface area contributed by atoms with Crippen LogP contribution in [0.4, 0.5) is 0 Å². The largest absolute Gasteiger partial charge is 0.490 e. The summed E-state index contributed by atoms with van der Waals surface area (Å²) >= 11 is 10.0. The molecule has 0 unspecified atom stereocenters. The van der Waals surface area contributed by atoms with Crippen molar-refractivity contribution in [3.63, 3.8) is 0 Å². The molecule has 1 aromatic heterocycles. The minimum Gasteiger partial charge on any atom is -0.490 e. The number of benzene rings is 2. The number of fused-ring (bicyclic) bond motifs is 1. The number of nitrogens with zero attached hydrogens (tertiary/aromatic N) is 2. The third-order valence-corrected chi connectivity index (χ3v) is 7.83. The highest BCUT2D eigenvalue weighted by molar-refractivity contribution is 14.1. The summed E-state index contributed by atoms with van der Waals surface area (Å²) < 4.78 is 20.0. The van der Waals surface area contributed by atoms with Gasteiger partial charge >= 0.3 is 5.97 Å². The van der Waals surface area contributed by atoms with Crippen LogP contribution >= 0.6 is 45.5 Å². The van der Waals surface area contributed by atoms with Crippen molar-refractivity contribution in [2.45, 2.75) is 46.8 Å². The first-order chi connectivity index (χ1) is 18.2. The third-order valence-electron chi connectivity index (χ3n) is 5.70. The summed E-state index contributed by atoms with van der Waals surface area (Å²) in [5, 5.41) is 0.445. The normalized spacial score (nSPS) is 15.4. The lowest BCUT2D eigenvalue weighted by molar-refractivity contribution is -0.139. The topological polar surface area (TPSA) is 79.1 Å². The molecule has 3 aromatic rings. The van der Waals surface area contributed by atoms with Crippen LogP contribution in [0.2, 0.25) is 5.02 Å². The van der Waals surface area contributed by atoms with Crippen molar-refractivity contribution in [2.24, 2.45) is 4.99 Å². The molecular weight excluding hydrogens is 639 g/mol. The molecule has 0 bridgehead atoms. The Hall–Kier alpha value is -2.63. The minimum atomic E-state index is -0.762. The van der Waals surface area contributed by atoms with E-state index in [0.717, 1.165) is 9.13 Å². The summed E-state index contributed by atoms with van der Waals surface area (Å²) in [5.74, 6) is 0.764. The van der Waals surface area contributed by atoms with Crippen LogP contribution in [0.25, 0.3) is 6.08 Å². The Morgan fingerprint density at radius 1 is 1.24 bits per heavy atom. The summed E-state index contributed by atoms with van der Waals surface area (Å²) in [4.78, 5) is 32.0. The van der Waals surface area contributed by atoms with Gasteiger partial charge in [-0.15, -0.1) is 0 Å². The van der Waals surface area contributed by atoms with E-state index in [2.05, 4.69) is 27.6 Å². The van der Waals surface area contributed by atoms with Crippen molar-refractivity contribution in [2.75, 3.05) is 13.2 Å². The Balaban J connectivity index is 1.92. The van der Waals surface area contributed by atoms with E-state index in [4.69, 9.17) is 25.8 Å². The van der Waals surface area contributed by atoms with Gasteiger partial charge in [0, 0.05) is 5.02 Å². The lowest BCUT2D eigenvalue weighted by Gasteiger charge is -2.25. The van der Waals surface area contributed by atoms with Gasteiger partial charge in [0.1, 0.15) is 6.04 Å². The van der Waals surface area contributed by atoms with Crippen molar-refractivity contribution in [1.29, 1.82) is 0 Å². The van der Waals surface area contributed by atoms with Crippen LogP contribution in [-0.2, 0) is 9.53 Å². The zero-order valence-electron chi connectivity index (χ0n) is 21.7. The second kappa shape index (κ2) is 12.0. The van der Waals surface area contributed by atoms with Gasteiger partial charge < -0.3 is 14.2 Å². The number of halogens is 2. The fourth-order valence-electron chi connectivity index (χ4n) is 4.22. The summed E-state index contributed by atoms with van der Waals surface area (Å²) in [5.41, 5.74) is 1.92. The molecule has 7 nitrogen and oxygen atoms in total. The maximum absolute atomic E-state index is 13.9. The predicted molar refractivity (Wildman–Crippen MR) is 158 cm³/mol. The minimum absolute atomic E-state index is 0.0149. The van der Waals surface area contributed by atoms with Crippen LogP contribution in [0, 0.1) is 3.57 Å². The molecule has 4 rings (SSSR count). The molecule has 2 aromatic carbocycles. The summed E-state index contributed by atoms with van der Waals surface area (Å²) in [6, 6.07) is 10.2. The van der Waals surface area contributed by atoms with E-state index in [-0.39, 0.29) is 18.3 Å². The molecule has 0 aliphatic carbocycles. The predicted octanol–water partition coefficient (Wildman–Crippen LogP) is 5.24. The van der Waals surface area contributed by atoms with Crippen LogP contribution in [0.1, 0.15) is 51.8 Å². The Morgan fingerprint density at radius 3 is 2.63 bits per heavy atom. The van der Waals surface area contributed by atoms with Crippen LogP contribution in [0.5, 0.6) is 11.5 Å². The smallest absolute Gasteiger partial charge is 0.338 e. The number of hydrogen-bond acceptors (Lipinski definition) is 7. The van der Waals surface area contributed by atoms with Crippen molar-refractivity contribution >= 4 is 57.6 Å². The number of rotatable bonds is 8. The highest BCUT2D eigenvalue weighted by Gasteiger charge is 2.34. The van der Waals surface area contributed by atoms with Gasteiger partial charge in [-0.3, -0.25) is 9.36 Å².